The molecule has 1 fully saturated rings. The Bertz CT molecular complexity index is 705. The van der Waals surface area contributed by atoms with E-state index in [1.807, 2.05) is 19.1 Å². The van der Waals surface area contributed by atoms with Crippen LogP contribution in [0.5, 0.6) is 0 Å². The molecule has 2 heterocycles. The second-order valence-electron chi connectivity index (χ2n) is 5.91. The number of benzene rings is 1. The Balaban J connectivity index is 1.73. The first-order chi connectivity index (χ1) is 11.0. The number of halogens is 1. The van der Waals surface area contributed by atoms with Gasteiger partial charge in [-0.25, -0.2) is 0 Å². The Hall–Kier alpha value is -1.89. The van der Waals surface area contributed by atoms with Crippen LogP contribution in [-0.2, 0) is 0 Å². The predicted octanol–water partition coefficient (Wildman–Crippen LogP) is 1.49. The highest BCUT2D eigenvalue weighted by atomic mass is 35.5. The van der Waals surface area contributed by atoms with E-state index in [2.05, 4.69) is 20.8 Å². The molecular weight excluding hydrogens is 316 g/mol. The molecule has 1 aliphatic rings. The van der Waals surface area contributed by atoms with Crippen LogP contribution >= 0.6 is 11.6 Å². The lowest BCUT2D eigenvalue weighted by atomic mass is 10.0. The molecule has 1 aromatic heterocycles. The maximum atomic E-state index is 12.3. The van der Waals surface area contributed by atoms with E-state index in [0.29, 0.717) is 29.4 Å². The van der Waals surface area contributed by atoms with Crippen LogP contribution in [0.25, 0.3) is 11.3 Å². The number of aromatic amines is 1. The highest BCUT2D eigenvalue weighted by Gasteiger charge is 2.31. The van der Waals surface area contributed by atoms with Crippen LogP contribution in [0.2, 0.25) is 5.02 Å². The van der Waals surface area contributed by atoms with Crippen molar-refractivity contribution in [3.63, 3.8) is 0 Å². The molecule has 122 valence electrons. The lowest BCUT2D eigenvalue weighted by molar-refractivity contribution is 0.0560. The molecule has 3 rings (SSSR count). The van der Waals surface area contributed by atoms with E-state index in [4.69, 9.17) is 11.6 Å². The smallest absolute Gasteiger partial charge is 0.269 e. The highest BCUT2D eigenvalue weighted by Crippen LogP contribution is 2.24. The van der Waals surface area contributed by atoms with E-state index in [1.165, 1.54) is 0 Å². The molecule has 0 spiro atoms. The molecule has 7 heteroatoms. The van der Waals surface area contributed by atoms with Crippen LogP contribution in [0.1, 0.15) is 22.5 Å². The van der Waals surface area contributed by atoms with Crippen molar-refractivity contribution in [1.82, 2.24) is 20.8 Å². The minimum atomic E-state index is -0.872. The monoisotopic (exact) mass is 334 g/mol. The van der Waals surface area contributed by atoms with Gasteiger partial charge in [0.2, 0.25) is 0 Å². The number of rotatable bonds is 4. The standard InChI is InChI=1S/C16H19ClN4O2/c1-10-13(11-2-4-12(17)5-3-11)20-21-14(10)15(22)19-9-16(23)6-7-18-8-16/h2-5,18,23H,6-9H2,1H3,(H,19,22)(H,20,21). The quantitative estimate of drug-likeness (QED) is 0.682. The molecule has 1 aliphatic heterocycles. The minimum Gasteiger partial charge on any atom is -0.387 e. The fourth-order valence-corrected chi connectivity index (χ4v) is 2.85. The fourth-order valence-electron chi connectivity index (χ4n) is 2.72. The number of aliphatic hydroxyl groups is 1. The summed E-state index contributed by atoms with van der Waals surface area (Å²) in [4.78, 5) is 12.3. The number of nitrogens with zero attached hydrogens (tertiary/aromatic N) is 1. The molecule has 6 nitrogen and oxygen atoms in total. The average Bonchev–Trinajstić information content (AvgIpc) is 3.13. The van der Waals surface area contributed by atoms with Crippen molar-refractivity contribution < 1.29 is 9.90 Å². The second-order valence-corrected chi connectivity index (χ2v) is 6.35. The summed E-state index contributed by atoms with van der Waals surface area (Å²) in [6, 6.07) is 7.29. The van der Waals surface area contributed by atoms with Crippen molar-refractivity contribution in [2.45, 2.75) is 18.9 Å². The predicted molar refractivity (Wildman–Crippen MR) is 88.5 cm³/mol. The first kappa shape index (κ1) is 16.0. The van der Waals surface area contributed by atoms with E-state index in [0.717, 1.165) is 17.7 Å². The fraction of sp³-hybridized carbons (Fsp3) is 0.375. The molecule has 1 unspecified atom stereocenters. The summed E-state index contributed by atoms with van der Waals surface area (Å²) in [5.41, 5.74) is 1.91. The lowest BCUT2D eigenvalue weighted by Gasteiger charge is -2.21. The van der Waals surface area contributed by atoms with Gasteiger partial charge in [0.1, 0.15) is 5.69 Å². The van der Waals surface area contributed by atoms with Gasteiger partial charge in [-0.1, -0.05) is 23.7 Å². The van der Waals surface area contributed by atoms with Gasteiger partial charge >= 0.3 is 0 Å². The zero-order chi connectivity index (χ0) is 16.4. The molecule has 1 amide bonds. The van der Waals surface area contributed by atoms with Gasteiger partial charge in [0, 0.05) is 29.2 Å². The maximum absolute atomic E-state index is 12.3. The normalized spacial score (nSPS) is 20.7. The van der Waals surface area contributed by atoms with E-state index in [1.54, 1.807) is 12.1 Å². The third-order valence-corrected chi connectivity index (χ3v) is 4.41. The summed E-state index contributed by atoms with van der Waals surface area (Å²) >= 11 is 5.89. The van der Waals surface area contributed by atoms with Crippen molar-refractivity contribution in [1.29, 1.82) is 0 Å². The number of nitrogens with one attached hydrogen (secondary N) is 3. The minimum absolute atomic E-state index is 0.216. The van der Waals surface area contributed by atoms with Gasteiger partial charge in [-0.2, -0.15) is 5.10 Å². The van der Waals surface area contributed by atoms with Crippen LogP contribution in [0, 0.1) is 6.92 Å². The summed E-state index contributed by atoms with van der Waals surface area (Å²) in [5, 5.41) is 23.8. The van der Waals surface area contributed by atoms with E-state index in [9.17, 15) is 9.90 Å². The lowest BCUT2D eigenvalue weighted by Crippen LogP contribution is -2.44. The Morgan fingerprint density at radius 2 is 2.17 bits per heavy atom. The van der Waals surface area contributed by atoms with Crippen molar-refractivity contribution in [3.8, 4) is 11.3 Å². The first-order valence-corrected chi connectivity index (χ1v) is 7.88. The molecule has 1 aromatic carbocycles. The highest BCUT2D eigenvalue weighted by molar-refractivity contribution is 6.30. The second kappa shape index (κ2) is 6.31. The number of H-pyrrole nitrogens is 1. The summed E-state index contributed by atoms with van der Waals surface area (Å²) in [6.45, 7) is 3.31. The molecular formula is C16H19ClN4O2. The Kier molecular flexibility index (Phi) is 4.39. The Morgan fingerprint density at radius 1 is 1.43 bits per heavy atom. The molecule has 1 saturated heterocycles. The van der Waals surface area contributed by atoms with Crippen LogP contribution in [0.15, 0.2) is 24.3 Å². The number of amides is 1. The number of aromatic nitrogens is 2. The van der Waals surface area contributed by atoms with Gasteiger partial charge in [-0.3, -0.25) is 9.89 Å². The van der Waals surface area contributed by atoms with Crippen molar-refractivity contribution in [3.05, 3.63) is 40.5 Å². The van der Waals surface area contributed by atoms with Gasteiger partial charge in [0.15, 0.2) is 0 Å². The van der Waals surface area contributed by atoms with Crippen LogP contribution < -0.4 is 10.6 Å². The summed E-state index contributed by atoms with van der Waals surface area (Å²) in [6.07, 6.45) is 0.630. The van der Waals surface area contributed by atoms with Crippen molar-refractivity contribution in [2.24, 2.45) is 0 Å². The molecule has 1 atom stereocenters. The number of hydrogen-bond acceptors (Lipinski definition) is 4. The maximum Gasteiger partial charge on any atom is 0.269 e. The van der Waals surface area contributed by atoms with Crippen LogP contribution in [0.3, 0.4) is 0 Å². The molecule has 0 saturated carbocycles. The first-order valence-electron chi connectivity index (χ1n) is 7.51. The molecule has 2 aromatic rings. The zero-order valence-electron chi connectivity index (χ0n) is 12.8. The average molecular weight is 335 g/mol. The van der Waals surface area contributed by atoms with E-state index >= 15 is 0 Å². The van der Waals surface area contributed by atoms with E-state index < -0.39 is 5.60 Å². The number of β-amino-alcohol motifs (C(OH)–C–C–N with tert-alkyl or cyclic N) is 1. The van der Waals surface area contributed by atoms with Crippen molar-refractivity contribution >= 4 is 17.5 Å². The summed E-state index contributed by atoms with van der Waals surface area (Å²) < 4.78 is 0. The molecule has 0 aliphatic carbocycles. The SMILES string of the molecule is Cc1c(-c2ccc(Cl)cc2)n[nH]c1C(=O)NCC1(O)CCNC1. The van der Waals surface area contributed by atoms with Gasteiger partial charge in [-0.15, -0.1) is 0 Å². The Morgan fingerprint density at radius 3 is 2.83 bits per heavy atom. The third kappa shape index (κ3) is 3.39. The topological polar surface area (TPSA) is 90.0 Å². The third-order valence-electron chi connectivity index (χ3n) is 4.15. The van der Waals surface area contributed by atoms with Crippen molar-refractivity contribution in [2.75, 3.05) is 19.6 Å². The summed E-state index contributed by atoms with van der Waals surface area (Å²) in [5.74, 6) is -0.268. The number of carbonyl (C=O) groups is 1. The number of carbonyl (C=O) groups excluding carboxylic acids is 1. The zero-order valence-corrected chi connectivity index (χ0v) is 13.6. The van der Waals surface area contributed by atoms with Gasteiger partial charge < -0.3 is 15.7 Å². The van der Waals surface area contributed by atoms with Crippen LogP contribution in [0.4, 0.5) is 0 Å². The molecule has 4 N–H and O–H groups in total. The Labute approximate surface area is 139 Å². The molecule has 23 heavy (non-hydrogen) atoms. The number of hydrogen-bond donors (Lipinski definition) is 4. The van der Waals surface area contributed by atoms with Gasteiger partial charge in [0.25, 0.3) is 5.91 Å². The van der Waals surface area contributed by atoms with Gasteiger partial charge in [-0.05, 0) is 32.0 Å². The summed E-state index contributed by atoms with van der Waals surface area (Å²) in [7, 11) is 0. The van der Waals surface area contributed by atoms with E-state index in [-0.39, 0.29) is 12.5 Å². The van der Waals surface area contributed by atoms with Crippen LogP contribution in [-0.4, -0.2) is 46.4 Å². The largest absolute Gasteiger partial charge is 0.387 e. The van der Waals surface area contributed by atoms with Gasteiger partial charge in [0.05, 0.1) is 11.3 Å². The molecule has 0 bridgehead atoms. The molecule has 0 radical (unpaired) electrons.